The van der Waals surface area contributed by atoms with E-state index < -0.39 is 0 Å². The lowest BCUT2D eigenvalue weighted by molar-refractivity contribution is -0.117. The highest BCUT2D eigenvalue weighted by Crippen LogP contribution is 2.30. The molecule has 1 heterocycles. The molecule has 0 bridgehead atoms. The number of benzene rings is 2. The first kappa shape index (κ1) is 22.6. The summed E-state index contributed by atoms with van der Waals surface area (Å²) in [4.78, 5) is 18.6. The van der Waals surface area contributed by atoms with Gasteiger partial charge in [-0.2, -0.15) is 4.98 Å². The number of nitrogens with one attached hydrogen (secondary N) is 1. The Bertz CT molecular complexity index is 1010. The van der Waals surface area contributed by atoms with Gasteiger partial charge >= 0.3 is 0 Å². The number of aromatic nitrogens is 2. The van der Waals surface area contributed by atoms with Crippen molar-refractivity contribution in [1.82, 2.24) is 15.0 Å². The van der Waals surface area contributed by atoms with E-state index in [9.17, 15) is 4.79 Å². The Kier molecular flexibility index (Phi) is 7.86. The van der Waals surface area contributed by atoms with Gasteiger partial charge in [0.2, 0.25) is 17.6 Å². The number of amides is 1. The molecule has 0 saturated carbocycles. The zero-order valence-corrected chi connectivity index (χ0v) is 18.5. The molecule has 0 radical (unpaired) electrons. The fourth-order valence-corrected chi connectivity index (χ4v) is 3.02. The van der Waals surface area contributed by atoms with Crippen LogP contribution in [0.5, 0.6) is 11.5 Å². The van der Waals surface area contributed by atoms with Crippen molar-refractivity contribution in [3.63, 3.8) is 0 Å². The van der Waals surface area contributed by atoms with Crippen molar-refractivity contribution in [3.05, 3.63) is 53.4 Å². The van der Waals surface area contributed by atoms with E-state index in [-0.39, 0.29) is 12.5 Å². The molecule has 3 aromatic rings. The van der Waals surface area contributed by atoms with E-state index in [1.54, 1.807) is 42.3 Å². The van der Waals surface area contributed by atoms with Crippen LogP contribution < -0.4 is 14.8 Å². The molecule has 164 valence electrons. The van der Waals surface area contributed by atoms with Gasteiger partial charge in [0.15, 0.2) is 11.5 Å². The molecule has 0 saturated heterocycles. The molecule has 1 amide bonds. The van der Waals surface area contributed by atoms with Crippen LogP contribution >= 0.6 is 11.6 Å². The molecule has 0 atom stereocenters. The molecule has 2 aromatic carbocycles. The molecule has 1 aromatic heterocycles. The minimum atomic E-state index is -0.174. The number of hydrogen-bond donors (Lipinski definition) is 1. The molecule has 3 rings (SSSR count). The van der Waals surface area contributed by atoms with Crippen LogP contribution in [-0.4, -0.2) is 47.8 Å². The van der Waals surface area contributed by atoms with E-state index in [0.717, 1.165) is 5.56 Å². The second-order valence-electron chi connectivity index (χ2n) is 6.77. The van der Waals surface area contributed by atoms with Crippen LogP contribution in [0, 0.1) is 0 Å². The Hall–Kier alpha value is -3.10. The first-order chi connectivity index (χ1) is 15.0. The lowest BCUT2D eigenvalue weighted by atomic mass is 10.2. The number of nitrogens with zero attached hydrogens (tertiary/aromatic N) is 3. The second-order valence-corrected chi connectivity index (χ2v) is 7.20. The van der Waals surface area contributed by atoms with Crippen molar-refractivity contribution in [2.75, 3.05) is 32.1 Å². The second kappa shape index (κ2) is 10.8. The van der Waals surface area contributed by atoms with Gasteiger partial charge in [-0.05, 0) is 57.3 Å². The van der Waals surface area contributed by atoms with Crippen molar-refractivity contribution >= 4 is 23.2 Å². The van der Waals surface area contributed by atoms with Crippen LogP contribution in [0.15, 0.2) is 47.0 Å². The van der Waals surface area contributed by atoms with Gasteiger partial charge in [0.1, 0.15) is 0 Å². The average molecular weight is 445 g/mol. The van der Waals surface area contributed by atoms with Gasteiger partial charge in [0.25, 0.3) is 0 Å². The number of carbonyl (C=O) groups is 1. The first-order valence-corrected chi connectivity index (χ1v) is 10.3. The van der Waals surface area contributed by atoms with Crippen molar-refractivity contribution in [2.24, 2.45) is 0 Å². The Morgan fingerprint density at radius 1 is 1.10 bits per heavy atom. The fourth-order valence-electron chi connectivity index (χ4n) is 2.90. The van der Waals surface area contributed by atoms with E-state index in [0.29, 0.717) is 53.7 Å². The highest BCUT2D eigenvalue weighted by molar-refractivity contribution is 6.30. The predicted molar refractivity (Wildman–Crippen MR) is 118 cm³/mol. The van der Waals surface area contributed by atoms with Gasteiger partial charge in [-0.1, -0.05) is 16.8 Å². The average Bonchev–Trinajstić information content (AvgIpc) is 3.19. The minimum absolute atomic E-state index is 0.149. The Morgan fingerprint density at radius 2 is 1.81 bits per heavy atom. The lowest BCUT2D eigenvalue weighted by Gasteiger charge is -2.15. The van der Waals surface area contributed by atoms with Crippen LogP contribution in [0.4, 0.5) is 5.69 Å². The number of hydrogen-bond acceptors (Lipinski definition) is 7. The monoisotopic (exact) mass is 444 g/mol. The Labute approximate surface area is 186 Å². The number of rotatable bonds is 10. The van der Waals surface area contributed by atoms with Crippen LogP contribution in [0.2, 0.25) is 5.02 Å². The largest absolute Gasteiger partial charge is 0.490 e. The summed E-state index contributed by atoms with van der Waals surface area (Å²) in [6, 6.07) is 12.5. The number of halogens is 1. The van der Waals surface area contributed by atoms with Gasteiger partial charge in [0, 0.05) is 22.3 Å². The first-order valence-electron chi connectivity index (χ1n) is 9.95. The molecule has 0 fully saturated rings. The van der Waals surface area contributed by atoms with Gasteiger partial charge < -0.3 is 19.3 Å². The summed E-state index contributed by atoms with van der Waals surface area (Å²) in [7, 11) is 1.80. The summed E-state index contributed by atoms with van der Waals surface area (Å²) in [6.07, 6.45) is 0. The summed E-state index contributed by atoms with van der Waals surface area (Å²) in [5.74, 6) is 1.96. The quantitative estimate of drug-likeness (QED) is 0.499. The zero-order chi connectivity index (χ0) is 22.2. The minimum Gasteiger partial charge on any atom is -0.490 e. The lowest BCUT2D eigenvalue weighted by Crippen LogP contribution is -2.29. The molecule has 8 nitrogen and oxygen atoms in total. The summed E-state index contributed by atoms with van der Waals surface area (Å²) < 4.78 is 16.4. The Morgan fingerprint density at radius 3 is 2.52 bits per heavy atom. The third-order valence-corrected chi connectivity index (χ3v) is 4.47. The maximum atomic E-state index is 12.4. The molecule has 0 unspecified atom stereocenters. The molecule has 9 heteroatoms. The highest BCUT2D eigenvalue weighted by Gasteiger charge is 2.14. The van der Waals surface area contributed by atoms with Gasteiger partial charge in [0.05, 0.1) is 26.3 Å². The van der Waals surface area contributed by atoms with E-state index in [1.165, 1.54) is 0 Å². The normalized spacial score (nSPS) is 10.9. The van der Waals surface area contributed by atoms with E-state index in [1.807, 2.05) is 26.0 Å². The molecule has 0 aliphatic rings. The van der Waals surface area contributed by atoms with Gasteiger partial charge in [-0.3, -0.25) is 9.69 Å². The van der Waals surface area contributed by atoms with Gasteiger partial charge in [-0.25, -0.2) is 0 Å². The summed E-state index contributed by atoms with van der Waals surface area (Å²) in [6.45, 7) is 5.32. The number of likely N-dealkylation sites (N-methyl/N-ethyl adjacent to an activating group) is 1. The third-order valence-electron chi connectivity index (χ3n) is 4.22. The van der Waals surface area contributed by atoms with Crippen LogP contribution in [0.3, 0.4) is 0 Å². The van der Waals surface area contributed by atoms with Crippen LogP contribution in [-0.2, 0) is 11.3 Å². The smallest absolute Gasteiger partial charge is 0.241 e. The van der Waals surface area contributed by atoms with Crippen molar-refractivity contribution < 1.29 is 18.8 Å². The van der Waals surface area contributed by atoms with Crippen molar-refractivity contribution in [2.45, 2.75) is 20.4 Å². The standard InChI is InChI=1S/C22H25ClN4O4/c1-4-29-18-11-10-17(12-19(18)30-5-2)24-20(28)13-27(3)14-21-25-22(26-31-21)15-6-8-16(23)9-7-15/h6-12H,4-5,13-14H2,1-3H3,(H,24,28). The van der Waals surface area contributed by atoms with E-state index >= 15 is 0 Å². The Balaban J connectivity index is 1.56. The third kappa shape index (κ3) is 6.44. The molecule has 31 heavy (non-hydrogen) atoms. The molecule has 0 spiro atoms. The van der Waals surface area contributed by atoms with E-state index in [2.05, 4.69) is 15.5 Å². The molecular weight excluding hydrogens is 420 g/mol. The maximum Gasteiger partial charge on any atom is 0.241 e. The summed E-state index contributed by atoms with van der Waals surface area (Å²) in [5.41, 5.74) is 1.44. The maximum absolute atomic E-state index is 12.4. The molecule has 0 aliphatic heterocycles. The van der Waals surface area contributed by atoms with Crippen LogP contribution in [0.1, 0.15) is 19.7 Å². The predicted octanol–water partition coefficient (Wildman–Crippen LogP) is 4.26. The zero-order valence-electron chi connectivity index (χ0n) is 17.7. The molecule has 0 aliphatic carbocycles. The summed E-state index contributed by atoms with van der Waals surface area (Å²) >= 11 is 5.90. The van der Waals surface area contributed by atoms with Gasteiger partial charge in [-0.15, -0.1) is 0 Å². The number of anilines is 1. The fraction of sp³-hybridized carbons (Fsp3) is 0.318. The van der Waals surface area contributed by atoms with E-state index in [4.69, 9.17) is 25.6 Å². The topological polar surface area (TPSA) is 89.7 Å². The van der Waals surface area contributed by atoms with Crippen molar-refractivity contribution in [3.8, 4) is 22.9 Å². The number of ether oxygens (including phenoxy) is 2. The molecule has 1 N–H and O–H groups in total. The highest BCUT2D eigenvalue weighted by atomic mass is 35.5. The summed E-state index contributed by atoms with van der Waals surface area (Å²) in [5, 5.41) is 7.49. The number of carbonyl (C=O) groups excluding carboxylic acids is 1. The SMILES string of the molecule is CCOc1ccc(NC(=O)CN(C)Cc2nc(-c3ccc(Cl)cc3)no2)cc1OCC. The van der Waals surface area contributed by atoms with Crippen molar-refractivity contribution in [1.29, 1.82) is 0 Å². The molecular formula is C22H25ClN4O4. The van der Waals surface area contributed by atoms with Crippen LogP contribution in [0.25, 0.3) is 11.4 Å².